The van der Waals surface area contributed by atoms with Gasteiger partial charge in [-0.2, -0.15) is 5.10 Å². The lowest BCUT2D eigenvalue weighted by Gasteiger charge is -2.35. The highest BCUT2D eigenvalue weighted by atomic mass is 15.3. The van der Waals surface area contributed by atoms with Gasteiger partial charge in [-0.05, 0) is 12.8 Å². The normalized spacial score (nSPS) is 22.9. The Hall–Kier alpha value is -2.21. The van der Waals surface area contributed by atoms with Crippen LogP contribution in [0.25, 0.3) is 5.65 Å². The van der Waals surface area contributed by atoms with Gasteiger partial charge in [0.1, 0.15) is 5.82 Å². The van der Waals surface area contributed by atoms with Crippen LogP contribution >= 0.6 is 0 Å². The minimum Gasteiger partial charge on any atom is -0.337 e. The second-order valence-electron chi connectivity index (χ2n) is 8.79. The fourth-order valence-electron chi connectivity index (χ4n) is 4.51. The van der Waals surface area contributed by atoms with Crippen molar-refractivity contribution in [3.05, 3.63) is 47.4 Å². The van der Waals surface area contributed by atoms with E-state index in [0.29, 0.717) is 12.1 Å². The van der Waals surface area contributed by atoms with E-state index in [1.807, 2.05) is 12.4 Å². The zero-order valence-corrected chi connectivity index (χ0v) is 16.0. The van der Waals surface area contributed by atoms with Crippen LogP contribution in [0.1, 0.15) is 62.4 Å². The van der Waals surface area contributed by atoms with E-state index in [0.717, 1.165) is 30.1 Å². The fraction of sp³-hybridized carbons (Fsp3) is 0.550. The van der Waals surface area contributed by atoms with E-state index in [1.54, 1.807) is 0 Å². The molecular weight excluding hydrogens is 324 g/mol. The van der Waals surface area contributed by atoms with Crippen LogP contribution in [-0.2, 0) is 25.4 Å². The zero-order valence-electron chi connectivity index (χ0n) is 16.0. The predicted molar refractivity (Wildman–Crippen MR) is 99.9 cm³/mol. The number of imidazole rings is 1. The standard InChI is InChI=1S/C20H26N6/c1-20(2,3)17-10-18-22-11-14-15-6-5-13(9-16(14)26(18)23-17)25(15)12-19-21-7-8-24(19)4/h7-8,10-11,13,15H,5-6,9,12H2,1-4H3/t13-,15-/m0/s1. The van der Waals surface area contributed by atoms with Crippen LogP contribution in [0.5, 0.6) is 0 Å². The maximum atomic E-state index is 4.93. The molecule has 1 fully saturated rings. The smallest absolute Gasteiger partial charge is 0.155 e. The first-order valence-electron chi connectivity index (χ1n) is 9.52. The second-order valence-corrected chi connectivity index (χ2v) is 8.79. The van der Waals surface area contributed by atoms with E-state index in [1.165, 1.54) is 24.1 Å². The molecule has 0 amide bonds. The summed E-state index contributed by atoms with van der Waals surface area (Å²) in [6, 6.07) is 3.14. The largest absolute Gasteiger partial charge is 0.337 e. The molecule has 2 aliphatic rings. The van der Waals surface area contributed by atoms with Crippen molar-refractivity contribution in [1.29, 1.82) is 0 Å². The molecule has 2 atom stereocenters. The second kappa shape index (κ2) is 5.39. The molecule has 0 aliphatic carbocycles. The van der Waals surface area contributed by atoms with Gasteiger partial charge in [-0.25, -0.2) is 14.5 Å². The van der Waals surface area contributed by atoms with Crippen LogP contribution < -0.4 is 0 Å². The first-order chi connectivity index (χ1) is 12.4. The summed E-state index contributed by atoms with van der Waals surface area (Å²) < 4.78 is 4.23. The lowest BCUT2D eigenvalue weighted by atomic mass is 9.93. The lowest BCUT2D eigenvalue weighted by Crippen LogP contribution is -2.38. The molecule has 0 aromatic carbocycles. The van der Waals surface area contributed by atoms with Crippen molar-refractivity contribution in [2.45, 2.75) is 64.1 Å². The Kier molecular flexibility index (Phi) is 3.32. The van der Waals surface area contributed by atoms with Crippen molar-refractivity contribution in [1.82, 2.24) is 29.0 Å². The Labute approximate surface area is 153 Å². The average Bonchev–Trinajstić information content (AvgIpc) is 3.26. The Morgan fingerprint density at radius 2 is 2.04 bits per heavy atom. The maximum absolute atomic E-state index is 4.93. The molecule has 2 aliphatic heterocycles. The van der Waals surface area contributed by atoms with Crippen molar-refractivity contribution in [2.24, 2.45) is 7.05 Å². The highest BCUT2D eigenvalue weighted by Gasteiger charge is 2.41. The number of nitrogens with zero attached hydrogens (tertiary/aromatic N) is 6. The molecule has 3 aromatic heterocycles. The minimum absolute atomic E-state index is 0.0401. The fourth-order valence-corrected chi connectivity index (χ4v) is 4.51. The summed E-state index contributed by atoms with van der Waals surface area (Å²) in [4.78, 5) is 11.9. The van der Waals surface area contributed by atoms with Crippen LogP contribution in [0.2, 0.25) is 0 Å². The average molecular weight is 350 g/mol. The minimum atomic E-state index is 0.0401. The van der Waals surface area contributed by atoms with Crippen molar-refractivity contribution < 1.29 is 0 Å². The summed E-state index contributed by atoms with van der Waals surface area (Å²) in [5.74, 6) is 1.13. The maximum Gasteiger partial charge on any atom is 0.155 e. The number of aryl methyl sites for hydroxylation is 1. The van der Waals surface area contributed by atoms with Crippen molar-refractivity contribution in [3.63, 3.8) is 0 Å². The van der Waals surface area contributed by atoms with Gasteiger partial charge in [0.2, 0.25) is 0 Å². The van der Waals surface area contributed by atoms with Gasteiger partial charge < -0.3 is 4.57 Å². The van der Waals surface area contributed by atoms with Crippen LogP contribution in [0.4, 0.5) is 0 Å². The Morgan fingerprint density at radius 1 is 1.19 bits per heavy atom. The van der Waals surface area contributed by atoms with Gasteiger partial charge in [0.25, 0.3) is 0 Å². The first kappa shape index (κ1) is 16.0. The third-order valence-corrected chi connectivity index (χ3v) is 6.06. The Balaban J connectivity index is 1.56. The summed E-state index contributed by atoms with van der Waals surface area (Å²) in [5, 5.41) is 4.93. The van der Waals surface area contributed by atoms with Crippen LogP contribution in [0.3, 0.4) is 0 Å². The lowest BCUT2D eigenvalue weighted by molar-refractivity contribution is 0.159. The SMILES string of the molecule is Cn1ccnc1CN1[C@H]2CC[C@H]1c1cnc3cc(C(C)(C)C)nn3c1C2. The van der Waals surface area contributed by atoms with E-state index in [2.05, 4.69) is 59.0 Å². The van der Waals surface area contributed by atoms with Crippen molar-refractivity contribution in [2.75, 3.05) is 0 Å². The van der Waals surface area contributed by atoms with Gasteiger partial charge in [0.15, 0.2) is 5.65 Å². The number of rotatable bonds is 2. The summed E-state index contributed by atoms with van der Waals surface area (Å²) in [5.41, 5.74) is 4.84. The van der Waals surface area contributed by atoms with E-state index < -0.39 is 0 Å². The number of hydrogen-bond donors (Lipinski definition) is 0. The van der Waals surface area contributed by atoms with Gasteiger partial charge in [0.05, 0.1) is 17.9 Å². The molecule has 26 heavy (non-hydrogen) atoms. The molecule has 2 bridgehead atoms. The van der Waals surface area contributed by atoms with Crippen LogP contribution in [0, 0.1) is 0 Å². The van der Waals surface area contributed by atoms with Gasteiger partial charge in [-0.1, -0.05) is 20.8 Å². The summed E-state index contributed by atoms with van der Waals surface area (Å²) in [6.45, 7) is 7.53. The molecule has 0 saturated carbocycles. The number of aromatic nitrogens is 5. The van der Waals surface area contributed by atoms with Crippen LogP contribution in [-0.4, -0.2) is 35.1 Å². The molecule has 0 unspecified atom stereocenters. The summed E-state index contributed by atoms with van der Waals surface area (Å²) >= 11 is 0. The molecule has 0 radical (unpaired) electrons. The first-order valence-corrected chi connectivity index (χ1v) is 9.52. The van der Waals surface area contributed by atoms with E-state index >= 15 is 0 Å². The third-order valence-electron chi connectivity index (χ3n) is 6.06. The van der Waals surface area contributed by atoms with Gasteiger partial charge >= 0.3 is 0 Å². The van der Waals surface area contributed by atoms with Crippen molar-refractivity contribution >= 4 is 5.65 Å². The van der Waals surface area contributed by atoms with E-state index in [9.17, 15) is 0 Å². The van der Waals surface area contributed by atoms with Gasteiger partial charge in [0, 0.05) is 61.2 Å². The summed E-state index contributed by atoms with van der Waals surface area (Å²) in [7, 11) is 2.07. The topological polar surface area (TPSA) is 51.2 Å². The van der Waals surface area contributed by atoms with Gasteiger partial charge in [-0.3, -0.25) is 4.90 Å². The molecule has 1 saturated heterocycles. The van der Waals surface area contributed by atoms with Crippen molar-refractivity contribution in [3.8, 4) is 0 Å². The molecule has 5 rings (SSSR count). The van der Waals surface area contributed by atoms with E-state index in [-0.39, 0.29) is 5.41 Å². The highest BCUT2D eigenvalue weighted by Crippen LogP contribution is 2.44. The van der Waals surface area contributed by atoms with Crippen LogP contribution in [0.15, 0.2) is 24.7 Å². The number of fused-ring (bicyclic) bond motifs is 6. The Bertz CT molecular complexity index is 976. The third kappa shape index (κ3) is 2.31. The molecular formula is C20H26N6. The molecule has 3 aromatic rings. The Morgan fingerprint density at radius 3 is 2.77 bits per heavy atom. The molecule has 0 N–H and O–H groups in total. The highest BCUT2D eigenvalue weighted by molar-refractivity contribution is 5.45. The molecule has 6 heteroatoms. The summed E-state index contributed by atoms with van der Waals surface area (Å²) in [6.07, 6.45) is 9.48. The molecule has 5 heterocycles. The zero-order chi connectivity index (χ0) is 18.1. The van der Waals surface area contributed by atoms with Gasteiger partial charge in [-0.15, -0.1) is 0 Å². The molecule has 6 nitrogen and oxygen atoms in total. The monoisotopic (exact) mass is 350 g/mol. The predicted octanol–water partition coefficient (Wildman–Crippen LogP) is 3.02. The molecule has 0 spiro atoms. The molecule has 136 valence electrons. The van der Waals surface area contributed by atoms with E-state index in [4.69, 9.17) is 10.1 Å². The quantitative estimate of drug-likeness (QED) is 0.713. The number of hydrogen-bond acceptors (Lipinski definition) is 4.